The zero-order valence-corrected chi connectivity index (χ0v) is 11.4. The minimum Gasteiger partial charge on any atom is -0.480 e. The molecule has 1 atom stereocenters. The second kappa shape index (κ2) is 6.35. The maximum Gasteiger partial charge on any atom is 0.318 e. The first-order chi connectivity index (χ1) is 9.58. The van der Waals surface area contributed by atoms with Crippen molar-refractivity contribution in [2.75, 3.05) is 0 Å². The number of ketones is 1. The number of halogens is 1. The van der Waals surface area contributed by atoms with E-state index in [4.69, 9.17) is 11.6 Å². The zero-order chi connectivity index (χ0) is 14.5. The van der Waals surface area contributed by atoms with Crippen molar-refractivity contribution in [3.8, 4) is 0 Å². The fourth-order valence-corrected chi connectivity index (χ4v) is 2.15. The molecule has 0 aliphatic rings. The van der Waals surface area contributed by atoms with Crippen LogP contribution < -0.4 is 0 Å². The summed E-state index contributed by atoms with van der Waals surface area (Å²) >= 11 is 5.77. The van der Waals surface area contributed by atoms with Crippen molar-refractivity contribution in [3.05, 3.63) is 70.7 Å². The molecule has 4 heteroatoms. The number of hydrogen-bond acceptors (Lipinski definition) is 2. The van der Waals surface area contributed by atoms with Gasteiger partial charge in [-0.1, -0.05) is 54.1 Å². The maximum absolute atomic E-state index is 12.2. The van der Waals surface area contributed by atoms with Gasteiger partial charge in [-0.25, -0.2) is 0 Å². The third-order valence-corrected chi connectivity index (χ3v) is 3.25. The van der Waals surface area contributed by atoms with Gasteiger partial charge >= 0.3 is 5.97 Å². The Morgan fingerprint density at radius 2 is 1.60 bits per heavy atom. The highest BCUT2D eigenvalue weighted by Gasteiger charge is 2.27. The maximum atomic E-state index is 12.2. The average Bonchev–Trinajstić information content (AvgIpc) is 2.42. The lowest BCUT2D eigenvalue weighted by atomic mass is 9.91. The molecule has 0 aromatic heterocycles. The van der Waals surface area contributed by atoms with Gasteiger partial charge in [-0.05, 0) is 23.3 Å². The van der Waals surface area contributed by atoms with Crippen molar-refractivity contribution < 1.29 is 14.7 Å². The van der Waals surface area contributed by atoms with Crippen LogP contribution in [-0.2, 0) is 16.0 Å². The first-order valence-corrected chi connectivity index (χ1v) is 6.50. The van der Waals surface area contributed by atoms with Crippen LogP contribution in [0.5, 0.6) is 0 Å². The minimum absolute atomic E-state index is 0.0977. The van der Waals surface area contributed by atoms with Crippen molar-refractivity contribution in [1.82, 2.24) is 0 Å². The summed E-state index contributed by atoms with van der Waals surface area (Å²) in [6.45, 7) is 0. The quantitative estimate of drug-likeness (QED) is 0.859. The number of rotatable bonds is 5. The highest BCUT2D eigenvalue weighted by molar-refractivity contribution is 6.30. The Bertz CT molecular complexity index is 605. The Morgan fingerprint density at radius 3 is 2.15 bits per heavy atom. The molecule has 1 N–H and O–H groups in total. The van der Waals surface area contributed by atoms with Crippen LogP contribution in [0.1, 0.15) is 17.0 Å². The summed E-state index contributed by atoms with van der Waals surface area (Å²) in [5.41, 5.74) is 1.25. The van der Waals surface area contributed by atoms with E-state index in [-0.39, 0.29) is 12.2 Å². The molecular weight excluding hydrogens is 276 g/mol. The molecule has 0 amide bonds. The van der Waals surface area contributed by atoms with Crippen molar-refractivity contribution in [1.29, 1.82) is 0 Å². The van der Waals surface area contributed by atoms with Gasteiger partial charge in [0.1, 0.15) is 5.92 Å². The van der Waals surface area contributed by atoms with Crippen molar-refractivity contribution in [2.45, 2.75) is 12.3 Å². The highest BCUT2D eigenvalue weighted by Crippen LogP contribution is 2.21. The Hall–Kier alpha value is -2.13. The molecule has 2 aromatic carbocycles. The molecule has 1 unspecified atom stereocenters. The smallest absolute Gasteiger partial charge is 0.318 e. The topological polar surface area (TPSA) is 54.4 Å². The molecule has 0 heterocycles. The number of carboxylic acid groups (broad SMARTS) is 1. The van der Waals surface area contributed by atoms with Crippen molar-refractivity contribution in [3.63, 3.8) is 0 Å². The molecule has 0 aliphatic carbocycles. The van der Waals surface area contributed by atoms with Gasteiger partial charge in [0.25, 0.3) is 0 Å². The first-order valence-electron chi connectivity index (χ1n) is 6.13. The molecule has 0 saturated carbocycles. The van der Waals surface area contributed by atoms with E-state index in [1.807, 2.05) is 18.2 Å². The summed E-state index contributed by atoms with van der Waals surface area (Å²) in [6, 6.07) is 15.4. The summed E-state index contributed by atoms with van der Waals surface area (Å²) in [5, 5.41) is 9.80. The molecule has 0 saturated heterocycles. The van der Waals surface area contributed by atoms with Gasteiger partial charge in [-0.3, -0.25) is 9.59 Å². The van der Waals surface area contributed by atoms with Crippen LogP contribution in [0.25, 0.3) is 0 Å². The van der Waals surface area contributed by atoms with Gasteiger partial charge < -0.3 is 5.11 Å². The standard InChI is InChI=1S/C16H13ClO3/c17-13-8-6-12(7-9-13)15(16(19)20)14(18)10-11-4-2-1-3-5-11/h1-9,15H,10H2,(H,19,20). The largest absolute Gasteiger partial charge is 0.480 e. The summed E-state index contributed by atoms with van der Waals surface area (Å²) in [4.78, 5) is 23.6. The molecule has 0 bridgehead atoms. The van der Waals surface area contributed by atoms with Crippen LogP contribution in [0.2, 0.25) is 5.02 Å². The number of carboxylic acids is 1. The van der Waals surface area contributed by atoms with Crippen molar-refractivity contribution >= 4 is 23.4 Å². The molecule has 2 rings (SSSR count). The molecule has 3 nitrogen and oxygen atoms in total. The number of Topliss-reactive ketones (excluding diaryl/α,β-unsaturated/α-hetero) is 1. The van der Waals surface area contributed by atoms with Crippen LogP contribution in [0, 0.1) is 0 Å². The summed E-state index contributed by atoms with van der Waals surface area (Å²) < 4.78 is 0. The van der Waals surface area contributed by atoms with E-state index in [1.54, 1.807) is 36.4 Å². The minimum atomic E-state index is -1.16. The normalized spacial score (nSPS) is 11.8. The van der Waals surface area contributed by atoms with E-state index in [2.05, 4.69) is 0 Å². The predicted octanol–water partition coefficient (Wildman–Crippen LogP) is 3.32. The molecule has 20 heavy (non-hydrogen) atoms. The third-order valence-electron chi connectivity index (χ3n) is 2.99. The molecule has 0 radical (unpaired) electrons. The van der Waals surface area contributed by atoms with Gasteiger partial charge in [0.2, 0.25) is 0 Å². The number of aliphatic carboxylic acids is 1. The molecule has 0 aliphatic heterocycles. The Morgan fingerprint density at radius 1 is 1.00 bits per heavy atom. The molecule has 102 valence electrons. The lowest BCUT2D eigenvalue weighted by Crippen LogP contribution is -2.23. The summed E-state index contributed by atoms with van der Waals surface area (Å²) in [7, 11) is 0. The number of carbonyl (C=O) groups excluding carboxylic acids is 1. The summed E-state index contributed by atoms with van der Waals surface area (Å²) in [5.74, 6) is -2.65. The Labute approximate surface area is 121 Å². The van der Waals surface area contributed by atoms with E-state index < -0.39 is 11.9 Å². The van der Waals surface area contributed by atoms with Gasteiger partial charge in [0.15, 0.2) is 5.78 Å². The second-order valence-electron chi connectivity index (χ2n) is 4.45. The third kappa shape index (κ3) is 3.45. The van der Waals surface area contributed by atoms with E-state index in [9.17, 15) is 14.7 Å². The van der Waals surface area contributed by atoms with Crippen LogP contribution >= 0.6 is 11.6 Å². The number of carbonyl (C=O) groups is 2. The Balaban J connectivity index is 2.23. The molecule has 0 spiro atoms. The van der Waals surface area contributed by atoms with Crippen LogP contribution in [0.3, 0.4) is 0 Å². The zero-order valence-electron chi connectivity index (χ0n) is 10.6. The Kier molecular flexibility index (Phi) is 4.53. The predicted molar refractivity (Wildman–Crippen MR) is 77.0 cm³/mol. The molecule has 0 fully saturated rings. The second-order valence-corrected chi connectivity index (χ2v) is 4.89. The van der Waals surface area contributed by atoms with E-state index in [0.717, 1.165) is 5.56 Å². The van der Waals surface area contributed by atoms with E-state index in [1.165, 1.54) is 0 Å². The molecule has 2 aromatic rings. The van der Waals surface area contributed by atoms with Crippen LogP contribution in [-0.4, -0.2) is 16.9 Å². The van der Waals surface area contributed by atoms with Crippen LogP contribution in [0.4, 0.5) is 0 Å². The lowest BCUT2D eigenvalue weighted by Gasteiger charge is -2.12. The van der Waals surface area contributed by atoms with Gasteiger partial charge in [0.05, 0.1) is 0 Å². The SMILES string of the molecule is O=C(O)C(C(=O)Cc1ccccc1)c1ccc(Cl)cc1. The molecular formula is C16H13ClO3. The van der Waals surface area contributed by atoms with E-state index >= 15 is 0 Å². The van der Waals surface area contributed by atoms with Gasteiger partial charge in [-0.2, -0.15) is 0 Å². The fourth-order valence-electron chi connectivity index (χ4n) is 2.02. The van der Waals surface area contributed by atoms with Crippen molar-refractivity contribution in [2.24, 2.45) is 0 Å². The van der Waals surface area contributed by atoms with Gasteiger partial charge in [0, 0.05) is 11.4 Å². The first kappa shape index (κ1) is 14.3. The average molecular weight is 289 g/mol. The van der Waals surface area contributed by atoms with E-state index in [0.29, 0.717) is 10.6 Å². The lowest BCUT2D eigenvalue weighted by molar-refractivity contribution is -0.142. The fraction of sp³-hybridized carbons (Fsp3) is 0.125. The van der Waals surface area contributed by atoms with Gasteiger partial charge in [-0.15, -0.1) is 0 Å². The summed E-state index contributed by atoms with van der Waals surface area (Å²) in [6.07, 6.45) is 0.0977. The highest BCUT2D eigenvalue weighted by atomic mass is 35.5. The monoisotopic (exact) mass is 288 g/mol. The number of benzene rings is 2. The number of hydrogen-bond donors (Lipinski definition) is 1. The van der Waals surface area contributed by atoms with Crippen LogP contribution in [0.15, 0.2) is 54.6 Å².